The summed E-state index contributed by atoms with van der Waals surface area (Å²) in [4.78, 5) is 29.8. The summed E-state index contributed by atoms with van der Waals surface area (Å²) in [5, 5.41) is 4.92. The predicted molar refractivity (Wildman–Crippen MR) is 284 cm³/mol. The number of hydrogen-bond acceptors (Lipinski definition) is 4. The number of pyridine rings is 2. The molecular formula is C62H45N5O. The third kappa shape index (κ3) is 6.80. The Morgan fingerprint density at radius 3 is 2.06 bits per heavy atom. The summed E-state index contributed by atoms with van der Waals surface area (Å²) in [5.41, 5.74) is 15.8. The summed E-state index contributed by atoms with van der Waals surface area (Å²) in [7, 11) is 0. The third-order valence-corrected chi connectivity index (χ3v) is 13.6. The van der Waals surface area contributed by atoms with Crippen LogP contribution < -0.4 is 5.56 Å². The number of allylic oxidation sites excluding steroid dienone is 12. The summed E-state index contributed by atoms with van der Waals surface area (Å²) in [6.45, 7) is 10.5. The highest BCUT2D eigenvalue weighted by molar-refractivity contribution is 6.24. The Balaban J connectivity index is 1.06. The number of rotatable bonds is 9. The molecule has 0 saturated carbocycles. The lowest BCUT2D eigenvalue weighted by Crippen LogP contribution is -2.17. The van der Waals surface area contributed by atoms with Gasteiger partial charge in [0.25, 0.3) is 5.56 Å². The number of aliphatic imine (C=N–C) groups is 1. The molecule has 2 aliphatic rings. The quantitative estimate of drug-likeness (QED) is 0.136. The molecule has 0 saturated heterocycles. The van der Waals surface area contributed by atoms with Crippen molar-refractivity contribution in [1.82, 2.24) is 18.8 Å². The second kappa shape index (κ2) is 16.6. The summed E-state index contributed by atoms with van der Waals surface area (Å²) in [5.74, 6) is 0.222. The first-order chi connectivity index (χ1) is 33.4. The molecule has 2 atom stereocenters. The van der Waals surface area contributed by atoms with Crippen molar-refractivity contribution >= 4 is 60.2 Å². The summed E-state index contributed by atoms with van der Waals surface area (Å²) < 4.78 is 4.27. The maximum absolute atomic E-state index is 15.1. The minimum Gasteiger partial charge on any atom is -0.306 e. The van der Waals surface area contributed by atoms with E-state index in [0.29, 0.717) is 5.39 Å². The molecule has 6 heteroatoms. The second-order valence-electron chi connectivity index (χ2n) is 17.7. The van der Waals surface area contributed by atoms with Crippen LogP contribution >= 0.6 is 0 Å². The van der Waals surface area contributed by atoms with Crippen LogP contribution in [-0.2, 0) is 0 Å². The van der Waals surface area contributed by atoms with Gasteiger partial charge in [0, 0.05) is 69.0 Å². The lowest BCUT2D eigenvalue weighted by Gasteiger charge is -2.25. The van der Waals surface area contributed by atoms with Gasteiger partial charge >= 0.3 is 0 Å². The van der Waals surface area contributed by atoms with E-state index in [2.05, 4.69) is 134 Å². The topological polar surface area (TPSA) is 64.0 Å². The number of para-hydroxylation sites is 1. The van der Waals surface area contributed by atoms with Crippen LogP contribution in [0.25, 0.3) is 88.2 Å². The molecule has 0 radical (unpaired) electrons. The Morgan fingerprint density at radius 1 is 0.632 bits per heavy atom. The lowest BCUT2D eigenvalue weighted by molar-refractivity contribution is 0.833. The van der Waals surface area contributed by atoms with Gasteiger partial charge in [0.2, 0.25) is 0 Å². The summed E-state index contributed by atoms with van der Waals surface area (Å²) >= 11 is 0. The van der Waals surface area contributed by atoms with Crippen LogP contribution in [0, 0.1) is 5.92 Å². The maximum Gasteiger partial charge on any atom is 0.265 e. The first-order valence-corrected chi connectivity index (χ1v) is 23.1. The molecule has 68 heavy (non-hydrogen) atoms. The van der Waals surface area contributed by atoms with Gasteiger partial charge in [-0.1, -0.05) is 135 Å². The molecule has 0 spiro atoms. The Bertz CT molecular complexity index is 3950. The number of nitrogens with zero attached hydrogens (tertiary/aromatic N) is 5. The van der Waals surface area contributed by atoms with Gasteiger partial charge in [-0.3, -0.25) is 24.2 Å². The van der Waals surface area contributed by atoms with Gasteiger partial charge in [0.05, 0.1) is 50.1 Å². The molecule has 324 valence electrons. The van der Waals surface area contributed by atoms with E-state index in [-0.39, 0.29) is 17.4 Å². The molecule has 0 fully saturated rings. The van der Waals surface area contributed by atoms with E-state index in [4.69, 9.17) is 15.0 Å². The molecule has 5 aromatic heterocycles. The van der Waals surface area contributed by atoms with Crippen LogP contribution in [0.2, 0.25) is 0 Å². The zero-order chi connectivity index (χ0) is 45.9. The van der Waals surface area contributed by atoms with E-state index in [9.17, 15) is 0 Å². The van der Waals surface area contributed by atoms with Crippen molar-refractivity contribution in [1.29, 1.82) is 0 Å². The average molecular weight is 876 g/mol. The Hall–Kier alpha value is -8.74. The standard InChI is InChI=1S/C62H45N5O/c1-4-5-6-8-18-40(3)55-37-44(38-56(65-55)47-19-10-7-9-17-39(47)2)42-25-29-59-52(36-42)49-27-26-48-51-35-41(24-28-58(51)66-57-23-12-11-20-50(57)62(68)67(59)61(49)60(48)66)43-32-45(53-21-13-15-30-63-53)34-46(33-43)54-22-14-16-31-64-54/h4-37,39,44H,1,3,38H2,2H3. The third-order valence-electron chi connectivity index (χ3n) is 13.6. The minimum atomic E-state index is -0.0408. The molecule has 0 amide bonds. The number of aromatic nitrogens is 4. The highest BCUT2D eigenvalue weighted by Gasteiger charge is 2.26. The van der Waals surface area contributed by atoms with E-state index in [1.54, 1.807) is 6.08 Å². The second-order valence-corrected chi connectivity index (χ2v) is 17.7. The van der Waals surface area contributed by atoms with E-state index in [0.717, 1.165) is 112 Å². The minimum absolute atomic E-state index is 0.0192. The fourth-order valence-electron chi connectivity index (χ4n) is 10.3. The van der Waals surface area contributed by atoms with Crippen LogP contribution in [-0.4, -0.2) is 24.5 Å². The fourth-order valence-corrected chi connectivity index (χ4v) is 10.3. The van der Waals surface area contributed by atoms with Crippen molar-refractivity contribution in [3.05, 3.63) is 253 Å². The van der Waals surface area contributed by atoms with Crippen molar-refractivity contribution in [2.24, 2.45) is 10.9 Å². The fraction of sp³-hybridized carbons (Fsp3) is 0.0645. The van der Waals surface area contributed by atoms with Crippen LogP contribution in [0.5, 0.6) is 0 Å². The number of fused-ring (bicyclic) bond motifs is 8. The van der Waals surface area contributed by atoms with Gasteiger partial charge in [0.1, 0.15) is 0 Å². The van der Waals surface area contributed by atoms with Crippen molar-refractivity contribution in [2.45, 2.75) is 19.3 Å². The van der Waals surface area contributed by atoms with Gasteiger partial charge in [-0.05, 0) is 107 Å². The molecule has 12 rings (SSSR count). The van der Waals surface area contributed by atoms with E-state index in [1.165, 1.54) is 5.57 Å². The van der Waals surface area contributed by atoms with Crippen LogP contribution in [0.4, 0.5) is 0 Å². The van der Waals surface area contributed by atoms with Crippen molar-refractivity contribution in [2.75, 3.05) is 0 Å². The van der Waals surface area contributed by atoms with Crippen molar-refractivity contribution in [3.8, 4) is 33.6 Å². The van der Waals surface area contributed by atoms with E-state index < -0.39 is 0 Å². The largest absolute Gasteiger partial charge is 0.306 e. The van der Waals surface area contributed by atoms with Gasteiger partial charge in [-0.15, -0.1) is 0 Å². The molecule has 0 N–H and O–H groups in total. The first-order valence-electron chi connectivity index (χ1n) is 23.1. The first kappa shape index (κ1) is 40.7. The molecule has 2 unspecified atom stereocenters. The maximum atomic E-state index is 15.1. The van der Waals surface area contributed by atoms with Crippen LogP contribution in [0.15, 0.2) is 246 Å². The molecule has 6 nitrogen and oxygen atoms in total. The molecule has 5 aromatic carbocycles. The predicted octanol–water partition coefficient (Wildman–Crippen LogP) is 14.7. The monoisotopic (exact) mass is 875 g/mol. The molecule has 0 bridgehead atoms. The SMILES string of the molecule is C=CC=CC=CC(=C)C1=CC(c2ccc3c(c2)c2ccc4c5cc(-c6cc(-c7ccccn7)cc(-c7ccccn7)c6)ccc5n5c6ccccc6c(=O)n3c2c45)CC(C2=CC=CC=CC2C)=N1. The van der Waals surface area contributed by atoms with Gasteiger partial charge in [-0.25, -0.2) is 0 Å². The van der Waals surface area contributed by atoms with E-state index in [1.807, 2.05) is 95.7 Å². The zero-order valence-electron chi connectivity index (χ0n) is 37.6. The Labute approximate surface area is 393 Å². The Kier molecular flexibility index (Phi) is 9.95. The number of benzene rings is 5. The highest BCUT2D eigenvalue weighted by atomic mass is 16.1. The van der Waals surface area contributed by atoms with Gasteiger partial charge in [0.15, 0.2) is 0 Å². The molecular weight excluding hydrogens is 831 g/mol. The van der Waals surface area contributed by atoms with Crippen molar-refractivity contribution in [3.63, 3.8) is 0 Å². The molecule has 10 aromatic rings. The summed E-state index contributed by atoms with van der Waals surface area (Å²) in [6.07, 6.45) is 26.9. The normalized spacial score (nSPS) is 16.5. The zero-order valence-corrected chi connectivity index (χ0v) is 37.6. The van der Waals surface area contributed by atoms with Crippen LogP contribution in [0.1, 0.15) is 24.8 Å². The number of hydrogen-bond donors (Lipinski definition) is 0. The van der Waals surface area contributed by atoms with Crippen LogP contribution in [0.3, 0.4) is 0 Å². The smallest absolute Gasteiger partial charge is 0.265 e. The van der Waals surface area contributed by atoms with E-state index >= 15 is 4.79 Å². The summed E-state index contributed by atoms with van der Waals surface area (Å²) in [6, 6.07) is 44.5. The highest BCUT2D eigenvalue weighted by Crippen LogP contribution is 2.43. The van der Waals surface area contributed by atoms with Gasteiger partial charge in [-0.2, -0.15) is 0 Å². The lowest BCUT2D eigenvalue weighted by atomic mass is 9.83. The van der Waals surface area contributed by atoms with Gasteiger partial charge < -0.3 is 4.40 Å². The molecule has 1 aliphatic heterocycles. The molecule has 6 heterocycles. The average Bonchev–Trinajstić information content (AvgIpc) is 3.76. The van der Waals surface area contributed by atoms with Crippen molar-refractivity contribution < 1.29 is 0 Å². The Morgan fingerprint density at radius 2 is 1.31 bits per heavy atom. The molecule has 1 aliphatic carbocycles.